The maximum atomic E-state index is 12.0. The van der Waals surface area contributed by atoms with Crippen LogP contribution in [0.2, 0.25) is 0 Å². The zero-order valence-corrected chi connectivity index (χ0v) is 16.0. The van der Waals surface area contributed by atoms with Gasteiger partial charge in [-0.05, 0) is 72.5 Å². The van der Waals surface area contributed by atoms with Crippen LogP contribution >= 0.6 is 0 Å². The van der Waals surface area contributed by atoms with E-state index in [1.54, 1.807) is 5.57 Å². The van der Waals surface area contributed by atoms with Gasteiger partial charge in [-0.25, -0.2) is 0 Å². The average molecular weight is 348 g/mol. The summed E-state index contributed by atoms with van der Waals surface area (Å²) < 4.78 is 0. The first-order valence-corrected chi connectivity index (χ1v) is 10.4. The van der Waals surface area contributed by atoms with Gasteiger partial charge in [0.25, 0.3) is 0 Å². The van der Waals surface area contributed by atoms with E-state index in [9.17, 15) is 4.79 Å². The average Bonchev–Trinajstić information content (AvgIpc) is 3.00. The highest BCUT2D eigenvalue weighted by atomic mass is 16.1. The fraction of sp³-hybridized carbons (Fsp3) is 0.583. The number of fused-ring (bicyclic) bond motifs is 5. The lowest BCUT2D eigenvalue weighted by Crippen LogP contribution is -2.50. The van der Waals surface area contributed by atoms with E-state index in [1.807, 2.05) is 12.4 Å². The third-order valence-electron chi connectivity index (χ3n) is 8.50. The Hall–Kier alpha value is -1.70. The predicted molar refractivity (Wildman–Crippen MR) is 104 cm³/mol. The van der Waals surface area contributed by atoms with E-state index < -0.39 is 0 Å². The summed E-state index contributed by atoms with van der Waals surface area (Å²) in [6.45, 7) is 4.97. The molecular weight excluding hydrogens is 318 g/mol. The minimum Gasteiger partial charge on any atom is -0.300 e. The number of hydrogen-bond acceptors (Lipinski definition) is 2. The van der Waals surface area contributed by atoms with Crippen LogP contribution in [-0.2, 0) is 4.79 Å². The van der Waals surface area contributed by atoms with Crippen molar-refractivity contribution in [2.24, 2.45) is 28.6 Å². The van der Waals surface area contributed by atoms with Gasteiger partial charge in [0.2, 0.25) is 0 Å². The number of rotatable bonds is 1. The monoisotopic (exact) mass is 347 g/mol. The number of pyridine rings is 1. The molecule has 4 aliphatic rings. The van der Waals surface area contributed by atoms with Crippen molar-refractivity contribution in [3.8, 4) is 0 Å². The molecular formula is C24H29NO. The summed E-state index contributed by atoms with van der Waals surface area (Å²) >= 11 is 0. The van der Waals surface area contributed by atoms with E-state index in [0.717, 1.165) is 25.2 Å². The molecule has 5 atom stereocenters. The Kier molecular flexibility index (Phi) is 3.58. The Morgan fingerprint density at radius 1 is 1.12 bits per heavy atom. The molecule has 1 aromatic rings. The highest BCUT2D eigenvalue weighted by molar-refractivity contribution is 5.80. The second-order valence-electron chi connectivity index (χ2n) is 9.55. The van der Waals surface area contributed by atoms with E-state index >= 15 is 0 Å². The lowest BCUT2D eigenvalue weighted by atomic mass is 9.46. The first-order chi connectivity index (χ1) is 12.5. The Bertz CT molecular complexity index is 807. The predicted octanol–water partition coefficient (Wildman–Crippen LogP) is 5.61. The Morgan fingerprint density at radius 3 is 2.81 bits per heavy atom. The SMILES string of the molecule is C[C@]12CC[C@H]3[C@@H](CC[C@H]4CC(=O)CC[C@@]43C)C1=CC=C2c1cccnc1. The van der Waals surface area contributed by atoms with Crippen LogP contribution in [0.3, 0.4) is 0 Å². The van der Waals surface area contributed by atoms with Gasteiger partial charge in [0, 0.05) is 30.7 Å². The largest absolute Gasteiger partial charge is 0.300 e. The van der Waals surface area contributed by atoms with Gasteiger partial charge in [-0.1, -0.05) is 37.6 Å². The normalized spacial score (nSPS) is 41.6. The summed E-state index contributed by atoms with van der Waals surface area (Å²) in [4.78, 5) is 16.4. The number of allylic oxidation sites excluding steroid dienone is 4. The number of aromatic nitrogens is 1. The van der Waals surface area contributed by atoms with Crippen LogP contribution in [0, 0.1) is 28.6 Å². The van der Waals surface area contributed by atoms with Gasteiger partial charge in [-0.2, -0.15) is 0 Å². The van der Waals surface area contributed by atoms with Crippen molar-refractivity contribution in [2.75, 3.05) is 0 Å². The molecule has 3 saturated carbocycles. The van der Waals surface area contributed by atoms with Crippen molar-refractivity contribution < 1.29 is 4.79 Å². The topological polar surface area (TPSA) is 30.0 Å². The van der Waals surface area contributed by atoms with Crippen LogP contribution in [-0.4, -0.2) is 10.8 Å². The number of carbonyl (C=O) groups is 1. The maximum Gasteiger partial charge on any atom is 0.133 e. The summed E-state index contributed by atoms with van der Waals surface area (Å²) in [5.74, 6) is 2.60. The second-order valence-corrected chi connectivity index (χ2v) is 9.55. The molecule has 1 aromatic heterocycles. The van der Waals surface area contributed by atoms with E-state index in [0.29, 0.717) is 23.0 Å². The molecule has 136 valence electrons. The van der Waals surface area contributed by atoms with Gasteiger partial charge < -0.3 is 0 Å². The second kappa shape index (κ2) is 5.65. The van der Waals surface area contributed by atoms with Gasteiger partial charge in [-0.3, -0.25) is 9.78 Å². The third-order valence-corrected chi connectivity index (χ3v) is 8.50. The molecule has 26 heavy (non-hydrogen) atoms. The molecule has 0 aliphatic heterocycles. The molecule has 0 amide bonds. The van der Waals surface area contributed by atoms with Crippen molar-refractivity contribution in [1.82, 2.24) is 4.98 Å². The van der Waals surface area contributed by atoms with Crippen LogP contribution < -0.4 is 0 Å². The van der Waals surface area contributed by atoms with Crippen LogP contribution in [0.5, 0.6) is 0 Å². The minimum atomic E-state index is 0.178. The summed E-state index contributed by atoms with van der Waals surface area (Å²) in [5.41, 5.74) is 4.96. The number of hydrogen-bond donors (Lipinski definition) is 0. The van der Waals surface area contributed by atoms with Crippen LogP contribution in [0.1, 0.15) is 64.4 Å². The van der Waals surface area contributed by atoms with Gasteiger partial charge in [0.1, 0.15) is 5.78 Å². The molecule has 3 fully saturated rings. The van der Waals surface area contributed by atoms with Gasteiger partial charge in [-0.15, -0.1) is 0 Å². The zero-order chi connectivity index (χ0) is 17.9. The first-order valence-electron chi connectivity index (χ1n) is 10.4. The number of nitrogens with zero attached hydrogens (tertiary/aromatic N) is 1. The van der Waals surface area contributed by atoms with Crippen molar-refractivity contribution in [3.05, 3.63) is 47.8 Å². The molecule has 2 nitrogen and oxygen atoms in total. The maximum absolute atomic E-state index is 12.0. The molecule has 0 saturated heterocycles. The van der Waals surface area contributed by atoms with Crippen molar-refractivity contribution in [2.45, 2.75) is 58.8 Å². The molecule has 2 heteroatoms. The Morgan fingerprint density at radius 2 is 2.00 bits per heavy atom. The number of carbonyl (C=O) groups excluding carboxylic acids is 1. The summed E-state index contributed by atoms with van der Waals surface area (Å²) in [5, 5.41) is 0. The van der Waals surface area contributed by atoms with Crippen molar-refractivity contribution in [3.63, 3.8) is 0 Å². The molecule has 0 spiro atoms. The molecule has 0 aromatic carbocycles. The summed E-state index contributed by atoms with van der Waals surface area (Å²) in [6, 6.07) is 4.26. The van der Waals surface area contributed by atoms with Gasteiger partial charge in [0.05, 0.1) is 0 Å². The smallest absolute Gasteiger partial charge is 0.133 e. The van der Waals surface area contributed by atoms with E-state index in [1.165, 1.54) is 36.8 Å². The zero-order valence-electron chi connectivity index (χ0n) is 16.0. The highest BCUT2D eigenvalue weighted by Crippen LogP contribution is 2.65. The molecule has 0 N–H and O–H groups in total. The van der Waals surface area contributed by atoms with Crippen LogP contribution in [0.15, 0.2) is 42.3 Å². The lowest BCUT2D eigenvalue weighted by Gasteiger charge is -2.58. The van der Waals surface area contributed by atoms with E-state index in [-0.39, 0.29) is 5.41 Å². The van der Waals surface area contributed by atoms with E-state index in [4.69, 9.17) is 0 Å². The molecule has 0 radical (unpaired) electrons. The molecule has 5 rings (SSSR count). The van der Waals surface area contributed by atoms with Crippen LogP contribution in [0.25, 0.3) is 5.57 Å². The third kappa shape index (κ3) is 2.17. The minimum absolute atomic E-state index is 0.178. The summed E-state index contributed by atoms with van der Waals surface area (Å²) in [6.07, 6.45) is 16.5. The molecule has 4 aliphatic carbocycles. The van der Waals surface area contributed by atoms with Crippen molar-refractivity contribution in [1.29, 1.82) is 0 Å². The van der Waals surface area contributed by atoms with Gasteiger partial charge >= 0.3 is 0 Å². The number of Topliss-reactive ketones (excluding diaryl/α,β-unsaturated/α-hetero) is 1. The first kappa shape index (κ1) is 16.5. The highest BCUT2D eigenvalue weighted by Gasteiger charge is 2.56. The summed E-state index contributed by atoms with van der Waals surface area (Å²) in [7, 11) is 0. The molecule has 0 bridgehead atoms. The van der Waals surface area contributed by atoms with Crippen molar-refractivity contribution >= 4 is 11.4 Å². The standard InChI is InChI=1S/C24H29NO/c1-23-11-9-18(26)14-17(23)5-6-19-21-8-7-20(16-4-3-13-25-15-16)24(21,2)12-10-22(19)23/h3-4,7-8,13,15,17,19,22H,5-6,9-12,14H2,1-2H3/t17-,19-,22-,23-,24+/m0/s1. The lowest BCUT2D eigenvalue weighted by molar-refractivity contribution is -0.130. The molecule has 1 heterocycles. The van der Waals surface area contributed by atoms with Crippen LogP contribution in [0.4, 0.5) is 0 Å². The fourth-order valence-corrected chi connectivity index (χ4v) is 6.98. The Balaban J connectivity index is 1.47. The Labute approximate surface area is 156 Å². The fourth-order valence-electron chi connectivity index (χ4n) is 6.98. The molecule has 0 unspecified atom stereocenters. The van der Waals surface area contributed by atoms with Gasteiger partial charge in [0.15, 0.2) is 0 Å². The quantitative estimate of drug-likeness (QED) is 0.661. The number of ketones is 1. The van der Waals surface area contributed by atoms with E-state index in [2.05, 4.69) is 43.1 Å².